The number of hydrogen-bond acceptors (Lipinski definition) is 4. The van der Waals surface area contributed by atoms with Gasteiger partial charge in [-0.3, -0.25) is 4.79 Å². The number of hydrogen-bond donors (Lipinski definition) is 1. The molecule has 6 heteroatoms. The number of rotatable bonds is 5. The number of piperidine rings is 1. The van der Waals surface area contributed by atoms with Crippen molar-refractivity contribution in [3.63, 3.8) is 0 Å². The lowest BCUT2D eigenvalue weighted by atomic mass is 9.97. The Morgan fingerprint density at radius 2 is 1.96 bits per heavy atom. The molecule has 0 unspecified atom stereocenters. The van der Waals surface area contributed by atoms with Crippen LogP contribution in [0.25, 0.3) is 11.1 Å². The van der Waals surface area contributed by atoms with Crippen molar-refractivity contribution >= 4 is 11.9 Å². The summed E-state index contributed by atoms with van der Waals surface area (Å²) < 4.78 is 13.0. The molecule has 1 fully saturated rings. The predicted octanol–water partition coefficient (Wildman–Crippen LogP) is 3.03. The van der Waals surface area contributed by atoms with Gasteiger partial charge in [-0.15, -0.1) is 0 Å². The summed E-state index contributed by atoms with van der Waals surface area (Å²) in [6, 6.07) is 6.27. The van der Waals surface area contributed by atoms with Gasteiger partial charge in [0.25, 0.3) is 0 Å². The number of halogens is 1. The van der Waals surface area contributed by atoms with Crippen LogP contribution in [0.15, 0.2) is 36.7 Å². The summed E-state index contributed by atoms with van der Waals surface area (Å²) >= 11 is 0. The molecule has 1 saturated heterocycles. The third-order valence-corrected chi connectivity index (χ3v) is 4.44. The van der Waals surface area contributed by atoms with E-state index in [1.54, 1.807) is 24.5 Å². The quantitative estimate of drug-likeness (QED) is 0.907. The van der Waals surface area contributed by atoms with Crippen molar-refractivity contribution in [2.45, 2.75) is 26.2 Å². The van der Waals surface area contributed by atoms with Gasteiger partial charge in [0.05, 0.1) is 5.92 Å². The number of aromatic nitrogens is 2. The van der Waals surface area contributed by atoms with E-state index in [1.165, 1.54) is 12.1 Å². The summed E-state index contributed by atoms with van der Waals surface area (Å²) in [5, 5.41) is 2.97. The molecule has 1 aliphatic heterocycles. The molecule has 2 aromatic rings. The molecule has 25 heavy (non-hydrogen) atoms. The first-order valence-corrected chi connectivity index (χ1v) is 8.78. The number of benzene rings is 1. The van der Waals surface area contributed by atoms with Gasteiger partial charge < -0.3 is 10.2 Å². The second-order valence-electron chi connectivity index (χ2n) is 6.35. The van der Waals surface area contributed by atoms with Crippen LogP contribution in [-0.4, -0.2) is 35.5 Å². The van der Waals surface area contributed by atoms with Gasteiger partial charge in [-0.25, -0.2) is 14.4 Å². The minimum absolute atomic E-state index is 0.0133. The first-order valence-electron chi connectivity index (χ1n) is 8.78. The third kappa shape index (κ3) is 4.32. The zero-order chi connectivity index (χ0) is 17.6. The molecule has 0 saturated carbocycles. The fourth-order valence-electron chi connectivity index (χ4n) is 3.04. The standard InChI is InChI=1S/C19H23FN4O/c1-2-9-21-18(25)15-4-3-10-24(13-15)19-22-11-16(12-23-19)14-5-7-17(20)8-6-14/h5-8,11-12,15H,2-4,9-10,13H2,1H3,(H,21,25)/t15-/m1/s1. The number of amides is 1. The number of carbonyl (C=O) groups excluding carboxylic acids is 1. The fourth-order valence-corrected chi connectivity index (χ4v) is 3.04. The SMILES string of the molecule is CCCNC(=O)[C@@H]1CCCN(c2ncc(-c3ccc(F)cc3)cn2)C1. The van der Waals surface area contributed by atoms with Crippen LogP contribution in [0.4, 0.5) is 10.3 Å². The van der Waals surface area contributed by atoms with Crippen LogP contribution in [0.5, 0.6) is 0 Å². The highest BCUT2D eigenvalue weighted by molar-refractivity contribution is 5.79. The number of nitrogens with zero attached hydrogens (tertiary/aromatic N) is 3. The molecule has 0 radical (unpaired) electrons. The van der Waals surface area contributed by atoms with Gasteiger partial charge >= 0.3 is 0 Å². The molecular weight excluding hydrogens is 319 g/mol. The Morgan fingerprint density at radius 3 is 2.64 bits per heavy atom. The van der Waals surface area contributed by atoms with Crippen LogP contribution in [0, 0.1) is 11.7 Å². The fraction of sp³-hybridized carbons (Fsp3) is 0.421. The first kappa shape index (κ1) is 17.3. The van der Waals surface area contributed by atoms with E-state index in [0.717, 1.165) is 43.5 Å². The second kappa shape index (κ2) is 8.05. The highest BCUT2D eigenvalue weighted by Crippen LogP contribution is 2.23. The van der Waals surface area contributed by atoms with E-state index in [0.29, 0.717) is 12.5 Å². The van der Waals surface area contributed by atoms with Gasteiger partial charge in [-0.05, 0) is 37.0 Å². The molecule has 132 valence electrons. The van der Waals surface area contributed by atoms with E-state index in [9.17, 15) is 9.18 Å². The average Bonchev–Trinajstić information content (AvgIpc) is 2.67. The molecule has 0 bridgehead atoms. The summed E-state index contributed by atoms with van der Waals surface area (Å²) in [6.07, 6.45) is 6.29. The molecule has 1 atom stereocenters. The number of anilines is 1. The highest BCUT2D eigenvalue weighted by Gasteiger charge is 2.26. The number of nitrogens with one attached hydrogen (secondary N) is 1. The molecule has 2 heterocycles. The van der Waals surface area contributed by atoms with Crippen LogP contribution in [-0.2, 0) is 4.79 Å². The zero-order valence-corrected chi connectivity index (χ0v) is 14.4. The number of carbonyl (C=O) groups is 1. The van der Waals surface area contributed by atoms with Crippen LogP contribution >= 0.6 is 0 Å². The summed E-state index contributed by atoms with van der Waals surface area (Å²) in [7, 11) is 0. The third-order valence-electron chi connectivity index (χ3n) is 4.44. The van der Waals surface area contributed by atoms with Crippen LogP contribution < -0.4 is 10.2 Å². The maximum absolute atomic E-state index is 13.0. The van der Waals surface area contributed by atoms with Crippen LogP contribution in [0.1, 0.15) is 26.2 Å². The molecule has 1 N–H and O–H groups in total. The minimum atomic E-state index is -0.262. The Labute approximate surface area is 147 Å². The molecule has 0 aliphatic carbocycles. The minimum Gasteiger partial charge on any atom is -0.356 e. The molecule has 3 rings (SSSR count). The Morgan fingerprint density at radius 1 is 1.24 bits per heavy atom. The Balaban J connectivity index is 1.67. The summed E-state index contributed by atoms with van der Waals surface area (Å²) in [5.74, 6) is 0.482. The summed E-state index contributed by atoms with van der Waals surface area (Å²) in [6.45, 7) is 4.26. The molecule has 1 aliphatic rings. The molecule has 1 aromatic carbocycles. The van der Waals surface area contributed by atoms with Gasteiger partial charge in [0.15, 0.2) is 0 Å². The van der Waals surface area contributed by atoms with Crippen molar-refractivity contribution in [2.75, 3.05) is 24.5 Å². The predicted molar refractivity (Wildman–Crippen MR) is 95.7 cm³/mol. The van der Waals surface area contributed by atoms with E-state index < -0.39 is 0 Å². The van der Waals surface area contributed by atoms with Crippen molar-refractivity contribution in [3.05, 3.63) is 42.5 Å². The average molecular weight is 342 g/mol. The van der Waals surface area contributed by atoms with Crippen LogP contribution in [0.3, 0.4) is 0 Å². The molecule has 1 aromatic heterocycles. The van der Waals surface area contributed by atoms with E-state index in [-0.39, 0.29) is 17.6 Å². The van der Waals surface area contributed by atoms with Crippen LogP contribution in [0.2, 0.25) is 0 Å². The maximum Gasteiger partial charge on any atom is 0.225 e. The molecule has 1 amide bonds. The lowest BCUT2D eigenvalue weighted by Gasteiger charge is -2.32. The van der Waals surface area contributed by atoms with Gasteiger partial charge in [0.2, 0.25) is 11.9 Å². The van der Waals surface area contributed by atoms with E-state index in [4.69, 9.17) is 0 Å². The highest BCUT2D eigenvalue weighted by atomic mass is 19.1. The molecular formula is C19H23FN4O. The normalized spacial score (nSPS) is 17.4. The van der Waals surface area contributed by atoms with E-state index in [2.05, 4.69) is 20.2 Å². The molecule has 0 spiro atoms. The van der Waals surface area contributed by atoms with Gasteiger partial charge in [0, 0.05) is 37.6 Å². The smallest absolute Gasteiger partial charge is 0.225 e. The topological polar surface area (TPSA) is 58.1 Å². The summed E-state index contributed by atoms with van der Waals surface area (Å²) in [5.41, 5.74) is 1.72. The van der Waals surface area contributed by atoms with Gasteiger partial charge in [-0.1, -0.05) is 19.1 Å². The van der Waals surface area contributed by atoms with Crippen molar-refractivity contribution in [3.8, 4) is 11.1 Å². The molecule has 5 nitrogen and oxygen atoms in total. The monoisotopic (exact) mass is 342 g/mol. The summed E-state index contributed by atoms with van der Waals surface area (Å²) in [4.78, 5) is 23.1. The first-order chi connectivity index (χ1) is 12.2. The van der Waals surface area contributed by atoms with E-state index in [1.807, 2.05) is 6.92 Å². The van der Waals surface area contributed by atoms with E-state index >= 15 is 0 Å². The Kier molecular flexibility index (Phi) is 5.58. The van der Waals surface area contributed by atoms with Gasteiger partial charge in [-0.2, -0.15) is 0 Å². The zero-order valence-electron chi connectivity index (χ0n) is 14.4. The largest absolute Gasteiger partial charge is 0.356 e. The lowest BCUT2D eigenvalue weighted by molar-refractivity contribution is -0.125. The maximum atomic E-state index is 13.0. The van der Waals surface area contributed by atoms with Crippen molar-refractivity contribution < 1.29 is 9.18 Å². The van der Waals surface area contributed by atoms with Crippen molar-refractivity contribution in [1.29, 1.82) is 0 Å². The second-order valence-corrected chi connectivity index (χ2v) is 6.35. The lowest BCUT2D eigenvalue weighted by Crippen LogP contribution is -2.43. The Hall–Kier alpha value is -2.50. The van der Waals surface area contributed by atoms with Crippen molar-refractivity contribution in [1.82, 2.24) is 15.3 Å². The van der Waals surface area contributed by atoms with Crippen molar-refractivity contribution in [2.24, 2.45) is 5.92 Å². The van der Waals surface area contributed by atoms with Gasteiger partial charge in [0.1, 0.15) is 5.82 Å². The Bertz CT molecular complexity index is 702.